The molecule has 1 unspecified atom stereocenters. The van der Waals surface area contributed by atoms with Crippen molar-refractivity contribution in [2.75, 3.05) is 32.4 Å². The summed E-state index contributed by atoms with van der Waals surface area (Å²) in [6.45, 7) is 11.6. The summed E-state index contributed by atoms with van der Waals surface area (Å²) in [5, 5.41) is 6.78. The average Bonchev–Trinajstić information content (AvgIpc) is 2.50. The van der Waals surface area contributed by atoms with Crippen molar-refractivity contribution in [1.82, 2.24) is 14.9 Å². The fraction of sp³-hybridized carbons (Fsp3) is 0.941. The summed E-state index contributed by atoms with van der Waals surface area (Å²) in [5.41, 5.74) is 0. The smallest absolute Gasteiger partial charge is 0.211 e. The summed E-state index contributed by atoms with van der Waals surface area (Å²) < 4.78 is 24.7. The van der Waals surface area contributed by atoms with Crippen LogP contribution in [0.2, 0.25) is 0 Å². The maximum Gasteiger partial charge on any atom is 0.211 e. The van der Waals surface area contributed by atoms with Crippen LogP contribution in [0.1, 0.15) is 53.4 Å². The minimum absolute atomic E-state index is 0.400. The van der Waals surface area contributed by atoms with E-state index in [4.69, 9.17) is 4.99 Å². The number of sulfonamides is 1. The first-order valence-corrected chi connectivity index (χ1v) is 11.1. The van der Waals surface area contributed by atoms with E-state index >= 15 is 0 Å². The van der Waals surface area contributed by atoms with Gasteiger partial charge in [-0.25, -0.2) is 12.7 Å². The van der Waals surface area contributed by atoms with E-state index in [0.717, 1.165) is 38.3 Å². The fourth-order valence-electron chi connectivity index (χ4n) is 2.85. The van der Waals surface area contributed by atoms with Gasteiger partial charge in [0.05, 0.1) is 6.26 Å². The van der Waals surface area contributed by atoms with Crippen molar-refractivity contribution in [3.05, 3.63) is 0 Å². The van der Waals surface area contributed by atoms with Crippen molar-refractivity contribution in [1.29, 1.82) is 0 Å². The molecule has 0 radical (unpaired) electrons. The fourth-order valence-corrected chi connectivity index (χ4v) is 3.73. The number of hydrogen-bond donors (Lipinski definition) is 2. The Morgan fingerprint density at radius 1 is 1.21 bits per heavy atom. The molecule has 24 heavy (non-hydrogen) atoms. The van der Waals surface area contributed by atoms with Gasteiger partial charge in [-0.2, -0.15) is 0 Å². The van der Waals surface area contributed by atoms with E-state index in [1.54, 1.807) is 4.31 Å². The largest absolute Gasteiger partial charge is 0.357 e. The molecule has 1 aliphatic rings. The van der Waals surface area contributed by atoms with Crippen LogP contribution in [0.15, 0.2) is 4.99 Å². The van der Waals surface area contributed by atoms with Crippen LogP contribution in [0.25, 0.3) is 0 Å². The molecular formula is C17H36N4O2S. The molecule has 1 fully saturated rings. The van der Waals surface area contributed by atoms with E-state index in [0.29, 0.717) is 31.0 Å². The van der Waals surface area contributed by atoms with E-state index in [-0.39, 0.29) is 0 Å². The molecule has 2 N–H and O–H groups in total. The lowest BCUT2D eigenvalue weighted by Crippen LogP contribution is -2.43. The Balaban J connectivity index is 2.46. The predicted octanol–water partition coefficient (Wildman–Crippen LogP) is 2.04. The van der Waals surface area contributed by atoms with Crippen LogP contribution in [0.4, 0.5) is 0 Å². The molecule has 0 aromatic heterocycles. The highest BCUT2D eigenvalue weighted by Crippen LogP contribution is 2.19. The highest BCUT2D eigenvalue weighted by molar-refractivity contribution is 7.88. The SMILES string of the molecule is CCNC(=NCC1CCN(S(C)(=O)=O)CC1)NC(C)CCC(C)C. The summed E-state index contributed by atoms with van der Waals surface area (Å²) in [6, 6.07) is 0.400. The van der Waals surface area contributed by atoms with Crippen molar-refractivity contribution in [2.24, 2.45) is 16.8 Å². The quantitative estimate of drug-likeness (QED) is 0.513. The van der Waals surface area contributed by atoms with Crippen LogP contribution in [0, 0.1) is 11.8 Å². The van der Waals surface area contributed by atoms with Gasteiger partial charge >= 0.3 is 0 Å². The van der Waals surface area contributed by atoms with Crippen molar-refractivity contribution < 1.29 is 8.42 Å². The van der Waals surface area contributed by atoms with Crippen molar-refractivity contribution in [3.8, 4) is 0 Å². The summed E-state index contributed by atoms with van der Waals surface area (Å²) >= 11 is 0. The van der Waals surface area contributed by atoms with E-state index in [1.807, 2.05) is 0 Å². The van der Waals surface area contributed by atoms with Gasteiger partial charge < -0.3 is 10.6 Å². The van der Waals surface area contributed by atoms with Crippen molar-refractivity contribution in [3.63, 3.8) is 0 Å². The second-order valence-electron chi connectivity index (χ2n) is 7.34. The van der Waals surface area contributed by atoms with Crippen molar-refractivity contribution >= 4 is 16.0 Å². The molecule has 0 aromatic rings. The third-order valence-electron chi connectivity index (χ3n) is 4.45. The van der Waals surface area contributed by atoms with Crippen LogP contribution in [-0.4, -0.2) is 57.2 Å². The zero-order valence-electron chi connectivity index (χ0n) is 16.0. The highest BCUT2D eigenvalue weighted by Gasteiger charge is 2.24. The number of rotatable bonds is 8. The number of piperidine rings is 1. The van der Waals surface area contributed by atoms with Gasteiger partial charge in [0.2, 0.25) is 10.0 Å². The van der Waals surface area contributed by atoms with Gasteiger partial charge in [0.1, 0.15) is 0 Å². The van der Waals surface area contributed by atoms with E-state index < -0.39 is 10.0 Å². The molecule has 1 aliphatic heterocycles. The number of nitrogens with zero attached hydrogens (tertiary/aromatic N) is 2. The number of hydrogen-bond acceptors (Lipinski definition) is 3. The molecular weight excluding hydrogens is 324 g/mol. The molecule has 0 amide bonds. The van der Waals surface area contributed by atoms with E-state index in [9.17, 15) is 8.42 Å². The summed E-state index contributed by atoms with van der Waals surface area (Å²) in [6.07, 6.45) is 5.40. The molecule has 0 bridgehead atoms. The monoisotopic (exact) mass is 360 g/mol. The summed E-state index contributed by atoms with van der Waals surface area (Å²) in [5.74, 6) is 2.05. The van der Waals surface area contributed by atoms with Crippen LogP contribution in [0.5, 0.6) is 0 Å². The van der Waals surface area contributed by atoms with Crippen LogP contribution in [-0.2, 0) is 10.0 Å². The minimum Gasteiger partial charge on any atom is -0.357 e. The first-order valence-electron chi connectivity index (χ1n) is 9.22. The molecule has 7 heteroatoms. The molecule has 142 valence electrons. The van der Waals surface area contributed by atoms with Gasteiger partial charge in [0, 0.05) is 32.2 Å². The minimum atomic E-state index is -3.05. The van der Waals surface area contributed by atoms with Gasteiger partial charge in [-0.3, -0.25) is 4.99 Å². The second-order valence-corrected chi connectivity index (χ2v) is 9.32. The molecule has 1 rings (SSSR count). The van der Waals surface area contributed by atoms with Crippen molar-refractivity contribution in [2.45, 2.75) is 59.4 Å². The third kappa shape index (κ3) is 8.33. The Hall–Kier alpha value is -0.820. The molecule has 6 nitrogen and oxygen atoms in total. The Kier molecular flexibility index (Phi) is 9.05. The number of nitrogens with one attached hydrogen (secondary N) is 2. The van der Waals surface area contributed by atoms with E-state index in [2.05, 4.69) is 38.3 Å². The molecule has 1 saturated heterocycles. The maximum atomic E-state index is 11.6. The lowest BCUT2D eigenvalue weighted by molar-refractivity contribution is 0.280. The predicted molar refractivity (Wildman–Crippen MR) is 102 cm³/mol. The standard InChI is InChI=1S/C17H36N4O2S/c1-6-18-17(20-15(4)8-7-14(2)3)19-13-16-9-11-21(12-10-16)24(5,22)23/h14-16H,6-13H2,1-5H3,(H2,18,19,20). The summed E-state index contributed by atoms with van der Waals surface area (Å²) in [4.78, 5) is 4.72. The Labute approximate surface area is 148 Å². The first-order chi connectivity index (χ1) is 11.2. The first kappa shape index (κ1) is 21.2. The van der Waals surface area contributed by atoms with Crippen LogP contribution >= 0.6 is 0 Å². The maximum absolute atomic E-state index is 11.6. The normalized spacial score (nSPS) is 19.5. The topological polar surface area (TPSA) is 73.8 Å². The average molecular weight is 361 g/mol. The van der Waals surface area contributed by atoms with Gasteiger partial charge in [0.25, 0.3) is 0 Å². The molecule has 0 aliphatic carbocycles. The van der Waals surface area contributed by atoms with Crippen LogP contribution < -0.4 is 10.6 Å². The lowest BCUT2D eigenvalue weighted by atomic mass is 9.98. The number of guanidine groups is 1. The highest BCUT2D eigenvalue weighted by atomic mass is 32.2. The van der Waals surface area contributed by atoms with Gasteiger partial charge in [-0.05, 0) is 51.4 Å². The zero-order chi connectivity index (χ0) is 18.2. The Morgan fingerprint density at radius 3 is 2.33 bits per heavy atom. The van der Waals surface area contributed by atoms with Gasteiger partial charge in [-0.1, -0.05) is 13.8 Å². The van der Waals surface area contributed by atoms with Crippen LogP contribution in [0.3, 0.4) is 0 Å². The molecule has 0 saturated carbocycles. The second kappa shape index (κ2) is 10.2. The molecule has 1 heterocycles. The van der Waals surface area contributed by atoms with Gasteiger partial charge in [0.15, 0.2) is 5.96 Å². The third-order valence-corrected chi connectivity index (χ3v) is 5.76. The lowest BCUT2D eigenvalue weighted by Gasteiger charge is -2.29. The molecule has 0 spiro atoms. The molecule has 0 aromatic carbocycles. The Bertz CT molecular complexity index is 483. The summed E-state index contributed by atoms with van der Waals surface area (Å²) in [7, 11) is -3.05. The Morgan fingerprint density at radius 2 is 1.83 bits per heavy atom. The van der Waals surface area contributed by atoms with E-state index in [1.165, 1.54) is 12.7 Å². The zero-order valence-corrected chi connectivity index (χ0v) is 16.8. The number of aliphatic imine (C=N–C) groups is 1. The molecule has 1 atom stereocenters. The van der Waals surface area contributed by atoms with Gasteiger partial charge in [-0.15, -0.1) is 0 Å².